The molecule has 3 heteroatoms. The minimum Gasteiger partial charge on any atom is -0.359 e. The largest absolute Gasteiger partial charge is 0.359 e. The van der Waals surface area contributed by atoms with Crippen molar-refractivity contribution in [2.75, 3.05) is 7.05 Å². The summed E-state index contributed by atoms with van der Waals surface area (Å²) in [5.74, 6) is 0.326. The van der Waals surface area contributed by atoms with Gasteiger partial charge < -0.3 is 5.32 Å². The van der Waals surface area contributed by atoms with Gasteiger partial charge in [0.15, 0.2) is 0 Å². The number of carbonyl (C=O) groups is 1. The molecular formula is C10H14N2O. The summed E-state index contributed by atoms with van der Waals surface area (Å²) in [7, 11) is 1.65. The smallest absolute Gasteiger partial charge is 0.220 e. The van der Waals surface area contributed by atoms with E-state index in [1.165, 1.54) is 0 Å². The Bertz CT molecular complexity index is 272. The molecule has 0 radical (unpaired) electrons. The van der Waals surface area contributed by atoms with E-state index in [0.29, 0.717) is 6.42 Å². The fraction of sp³-hybridized carbons (Fsp3) is 0.400. The third kappa shape index (κ3) is 2.86. The van der Waals surface area contributed by atoms with E-state index in [1.807, 2.05) is 19.1 Å². The van der Waals surface area contributed by atoms with Gasteiger partial charge in [-0.15, -0.1) is 0 Å². The van der Waals surface area contributed by atoms with E-state index in [9.17, 15) is 4.79 Å². The highest BCUT2D eigenvalue weighted by Gasteiger charge is 2.08. The number of rotatable bonds is 3. The molecular weight excluding hydrogens is 164 g/mol. The van der Waals surface area contributed by atoms with Gasteiger partial charge in [-0.05, 0) is 23.6 Å². The molecule has 1 amide bonds. The number of hydrogen-bond acceptors (Lipinski definition) is 2. The summed E-state index contributed by atoms with van der Waals surface area (Å²) in [4.78, 5) is 15.0. The molecule has 1 rings (SSSR count). The maximum atomic E-state index is 11.1. The lowest BCUT2D eigenvalue weighted by Crippen LogP contribution is -2.19. The summed E-state index contributed by atoms with van der Waals surface area (Å²) in [6.07, 6.45) is 4.02. The monoisotopic (exact) mass is 178 g/mol. The summed E-state index contributed by atoms with van der Waals surface area (Å²) in [5.41, 5.74) is 1.15. The Morgan fingerprint density at radius 2 is 2.15 bits per heavy atom. The van der Waals surface area contributed by atoms with Gasteiger partial charge in [0.05, 0.1) is 0 Å². The number of nitrogens with zero attached hydrogens (tertiary/aromatic N) is 1. The minimum absolute atomic E-state index is 0.0734. The Kier molecular flexibility index (Phi) is 3.43. The molecule has 13 heavy (non-hydrogen) atoms. The van der Waals surface area contributed by atoms with Crippen molar-refractivity contribution in [3.05, 3.63) is 30.1 Å². The summed E-state index contributed by atoms with van der Waals surface area (Å²) >= 11 is 0. The van der Waals surface area contributed by atoms with Crippen LogP contribution < -0.4 is 5.32 Å². The van der Waals surface area contributed by atoms with E-state index < -0.39 is 0 Å². The molecule has 1 unspecified atom stereocenters. The highest BCUT2D eigenvalue weighted by atomic mass is 16.1. The molecule has 0 aliphatic heterocycles. The van der Waals surface area contributed by atoms with Crippen molar-refractivity contribution in [2.45, 2.75) is 19.3 Å². The predicted octanol–water partition coefficient (Wildman–Crippen LogP) is 1.32. The molecule has 1 atom stereocenters. The second-order valence-electron chi connectivity index (χ2n) is 3.06. The van der Waals surface area contributed by atoms with E-state index in [2.05, 4.69) is 10.3 Å². The molecule has 1 aromatic rings. The van der Waals surface area contributed by atoms with Crippen LogP contribution in [0.5, 0.6) is 0 Å². The third-order valence-corrected chi connectivity index (χ3v) is 2.05. The fourth-order valence-electron chi connectivity index (χ4n) is 1.19. The molecule has 0 aromatic carbocycles. The Labute approximate surface area is 78.2 Å². The number of nitrogens with one attached hydrogen (secondary N) is 1. The number of amides is 1. The lowest BCUT2D eigenvalue weighted by Gasteiger charge is -2.09. The zero-order valence-corrected chi connectivity index (χ0v) is 7.95. The van der Waals surface area contributed by atoms with Crippen molar-refractivity contribution in [3.63, 3.8) is 0 Å². The molecule has 0 saturated carbocycles. The third-order valence-electron chi connectivity index (χ3n) is 2.05. The van der Waals surface area contributed by atoms with E-state index >= 15 is 0 Å². The molecule has 0 aliphatic carbocycles. The van der Waals surface area contributed by atoms with Crippen LogP contribution in [0.15, 0.2) is 24.5 Å². The van der Waals surface area contributed by atoms with Gasteiger partial charge in [-0.2, -0.15) is 0 Å². The van der Waals surface area contributed by atoms with Crippen molar-refractivity contribution < 1.29 is 4.79 Å². The SMILES string of the molecule is CNC(=O)CC(C)c1ccncc1. The van der Waals surface area contributed by atoms with Crippen molar-refractivity contribution in [3.8, 4) is 0 Å². The maximum absolute atomic E-state index is 11.1. The Morgan fingerprint density at radius 3 is 2.69 bits per heavy atom. The minimum atomic E-state index is 0.0734. The van der Waals surface area contributed by atoms with Crippen LogP contribution in [-0.2, 0) is 4.79 Å². The zero-order valence-electron chi connectivity index (χ0n) is 7.95. The van der Waals surface area contributed by atoms with Crippen LogP contribution in [0.1, 0.15) is 24.8 Å². The highest BCUT2D eigenvalue weighted by Crippen LogP contribution is 2.17. The topological polar surface area (TPSA) is 42.0 Å². The number of carbonyl (C=O) groups excluding carboxylic acids is 1. The number of aromatic nitrogens is 1. The number of pyridine rings is 1. The molecule has 3 nitrogen and oxygen atoms in total. The van der Waals surface area contributed by atoms with Gasteiger partial charge in [-0.1, -0.05) is 6.92 Å². The molecule has 1 heterocycles. The van der Waals surface area contributed by atoms with Crippen LogP contribution in [0, 0.1) is 0 Å². The van der Waals surface area contributed by atoms with E-state index in [4.69, 9.17) is 0 Å². The highest BCUT2D eigenvalue weighted by molar-refractivity contribution is 5.76. The summed E-state index contributed by atoms with van der Waals surface area (Å²) in [6.45, 7) is 2.03. The Balaban J connectivity index is 2.59. The second-order valence-corrected chi connectivity index (χ2v) is 3.06. The maximum Gasteiger partial charge on any atom is 0.220 e. The predicted molar refractivity (Wildman–Crippen MR) is 51.3 cm³/mol. The van der Waals surface area contributed by atoms with Gasteiger partial charge >= 0.3 is 0 Å². The van der Waals surface area contributed by atoms with Gasteiger partial charge in [0, 0.05) is 25.9 Å². The van der Waals surface area contributed by atoms with Crippen molar-refractivity contribution in [1.82, 2.24) is 10.3 Å². The quantitative estimate of drug-likeness (QED) is 0.758. The Morgan fingerprint density at radius 1 is 1.54 bits per heavy atom. The van der Waals surface area contributed by atoms with Crippen molar-refractivity contribution in [1.29, 1.82) is 0 Å². The first-order valence-electron chi connectivity index (χ1n) is 4.34. The van der Waals surface area contributed by atoms with Gasteiger partial charge in [-0.3, -0.25) is 9.78 Å². The van der Waals surface area contributed by atoms with E-state index in [-0.39, 0.29) is 11.8 Å². The van der Waals surface area contributed by atoms with Crippen LogP contribution in [0.4, 0.5) is 0 Å². The molecule has 0 fully saturated rings. The lowest BCUT2D eigenvalue weighted by molar-refractivity contribution is -0.120. The van der Waals surface area contributed by atoms with Gasteiger partial charge in [0.2, 0.25) is 5.91 Å². The number of hydrogen-bond donors (Lipinski definition) is 1. The van der Waals surface area contributed by atoms with Crippen molar-refractivity contribution in [2.24, 2.45) is 0 Å². The van der Waals surface area contributed by atoms with Crippen LogP contribution >= 0.6 is 0 Å². The lowest BCUT2D eigenvalue weighted by atomic mass is 9.99. The molecule has 0 bridgehead atoms. The van der Waals surface area contributed by atoms with Gasteiger partial charge in [0.1, 0.15) is 0 Å². The first-order chi connectivity index (χ1) is 6.24. The summed E-state index contributed by atoms with van der Waals surface area (Å²) in [6, 6.07) is 3.88. The zero-order chi connectivity index (χ0) is 9.68. The first-order valence-corrected chi connectivity index (χ1v) is 4.34. The molecule has 1 N–H and O–H groups in total. The van der Waals surface area contributed by atoms with Crippen LogP contribution in [-0.4, -0.2) is 17.9 Å². The molecule has 1 aromatic heterocycles. The van der Waals surface area contributed by atoms with Crippen molar-refractivity contribution >= 4 is 5.91 Å². The fourth-order valence-corrected chi connectivity index (χ4v) is 1.19. The van der Waals surface area contributed by atoms with Crippen LogP contribution in [0.3, 0.4) is 0 Å². The average molecular weight is 178 g/mol. The van der Waals surface area contributed by atoms with E-state index in [1.54, 1.807) is 19.4 Å². The van der Waals surface area contributed by atoms with Crippen LogP contribution in [0.2, 0.25) is 0 Å². The standard InChI is InChI=1S/C10H14N2O/c1-8(7-10(13)11-2)9-3-5-12-6-4-9/h3-6,8H,7H2,1-2H3,(H,11,13). The first kappa shape index (κ1) is 9.71. The molecule has 0 spiro atoms. The summed E-state index contributed by atoms with van der Waals surface area (Å²) < 4.78 is 0. The second kappa shape index (κ2) is 4.60. The van der Waals surface area contributed by atoms with Gasteiger partial charge in [-0.25, -0.2) is 0 Å². The van der Waals surface area contributed by atoms with Gasteiger partial charge in [0.25, 0.3) is 0 Å². The molecule has 0 aliphatic rings. The van der Waals surface area contributed by atoms with E-state index in [0.717, 1.165) is 5.56 Å². The molecule has 0 saturated heterocycles. The molecule has 70 valence electrons. The average Bonchev–Trinajstić information content (AvgIpc) is 2.19. The van der Waals surface area contributed by atoms with Crippen LogP contribution in [0.25, 0.3) is 0 Å². The normalized spacial score (nSPS) is 12.2. The Hall–Kier alpha value is -1.38. The summed E-state index contributed by atoms with van der Waals surface area (Å²) in [5, 5.41) is 2.61.